The van der Waals surface area contributed by atoms with Crippen LogP contribution in [0.4, 0.5) is 0 Å². The molecule has 0 saturated heterocycles. The summed E-state index contributed by atoms with van der Waals surface area (Å²) in [6.07, 6.45) is 0. The summed E-state index contributed by atoms with van der Waals surface area (Å²) >= 11 is 1.17. The van der Waals surface area contributed by atoms with Crippen LogP contribution >= 0.6 is 11.8 Å². The summed E-state index contributed by atoms with van der Waals surface area (Å²) in [7, 11) is 0. The van der Waals surface area contributed by atoms with Crippen LogP contribution in [0.15, 0.2) is 40.8 Å². The van der Waals surface area contributed by atoms with Gasteiger partial charge >= 0.3 is 5.97 Å². The molecule has 0 atom stereocenters. The molecule has 0 aliphatic heterocycles. The van der Waals surface area contributed by atoms with Gasteiger partial charge in [0, 0.05) is 18.1 Å². The molecule has 0 unspecified atom stereocenters. The molecule has 0 radical (unpaired) electrons. The van der Waals surface area contributed by atoms with Crippen LogP contribution in [0, 0.1) is 11.8 Å². The average Bonchev–Trinajstić information content (AvgIpc) is 2.94. The summed E-state index contributed by atoms with van der Waals surface area (Å²) < 4.78 is 5.22. The van der Waals surface area contributed by atoms with Crippen molar-refractivity contribution in [2.24, 2.45) is 0 Å². The maximum absolute atomic E-state index is 10.8. The minimum atomic E-state index is -1.09. The van der Waals surface area contributed by atoms with E-state index in [-0.39, 0.29) is 10.9 Å². The van der Waals surface area contributed by atoms with Crippen molar-refractivity contribution in [1.29, 1.82) is 0 Å². The molecule has 0 fully saturated rings. The first-order valence-corrected chi connectivity index (χ1v) is 7.10. The largest absolute Gasteiger partial charge is 0.475 e. The zero-order valence-electron chi connectivity index (χ0n) is 11.3. The number of carboxylic acids is 1. The van der Waals surface area contributed by atoms with Crippen LogP contribution in [-0.2, 0) is 4.79 Å². The summed E-state index contributed by atoms with van der Waals surface area (Å²) in [6.45, 7) is 1.51. The fourth-order valence-electron chi connectivity index (χ4n) is 1.60. The predicted octanol–water partition coefficient (Wildman–Crippen LogP) is 3.28. The number of hydrogen-bond acceptors (Lipinski definition) is 4. The second kappa shape index (κ2) is 6.82. The van der Waals surface area contributed by atoms with Gasteiger partial charge in [0.05, 0.1) is 5.75 Å². The van der Waals surface area contributed by atoms with Crippen LogP contribution in [0.3, 0.4) is 0 Å². The van der Waals surface area contributed by atoms with E-state index >= 15 is 0 Å². The lowest BCUT2D eigenvalue weighted by atomic mass is 10.1. The number of carboxylic acid groups (broad SMARTS) is 1. The number of carbonyl (C=O) groups excluding carboxylic acids is 1. The van der Waals surface area contributed by atoms with Gasteiger partial charge in [-0.15, -0.1) is 0 Å². The second-order valence-corrected chi connectivity index (χ2v) is 5.28. The van der Waals surface area contributed by atoms with Gasteiger partial charge in [0.2, 0.25) is 5.76 Å². The Balaban J connectivity index is 2.07. The summed E-state index contributed by atoms with van der Waals surface area (Å²) in [5.74, 6) is 5.65. The molecular weight excluding hydrogens is 288 g/mol. The van der Waals surface area contributed by atoms with Gasteiger partial charge in [0.25, 0.3) is 0 Å². The average molecular weight is 300 g/mol. The Bertz CT molecular complexity index is 717. The molecule has 0 aliphatic rings. The highest BCUT2D eigenvalue weighted by Gasteiger charge is 2.09. The van der Waals surface area contributed by atoms with Crippen LogP contribution in [0.2, 0.25) is 0 Å². The Labute approximate surface area is 126 Å². The lowest BCUT2D eigenvalue weighted by molar-refractivity contribution is -0.109. The van der Waals surface area contributed by atoms with E-state index in [1.165, 1.54) is 24.8 Å². The molecule has 0 bridgehead atoms. The normalized spacial score (nSPS) is 9.76. The summed E-state index contributed by atoms with van der Waals surface area (Å²) in [4.78, 5) is 21.5. The highest BCUT2D eigenvalue weighted by atomic mass is 32.2. The molecule has 1 aromatic carbocycles. The summed E-state index contributed by atoms with van der Waals surface area (Å²) in [5, 5.41) is 8.86. The standard InChI is InChI=1S/C16H12O4S/c1-11(17)21-10-2-3-12-4-6-13(7-5-12)14-8-9-15(20-14)16(18)19/h4-9H,10H2,1H3,(H,18,19). The number of aromatic carboxylic acids is 1. The van der Waals surface area contributed by atoms with Gasteiger partial charge in [-0.2, -0.15) is 0 Å². The van der Waals surface area contributed by atoms with Crippen LogP contribution in [0.25, 0.3) is 11.3 Å². The van der Waals surface area contributed by atoms with Gasteiger partial charge < -0.3 is 9.52 Å². The van der Waals surface area contributed by atoms with Gasteiger partial charge in [-0.05, 0) is 24.3 Å². The topological polar surface area (TPSA) is 67.5 Å². The van der Waals surface area contributed by atoms with Crippen LogP contribution in [0.5, 0.6) is 0 Å². The first kappa shape index (κ1) is 14.9. The van der Waals surface area contributed by atoms with Crippen molar-refractivity contribution in [3.05, 3.63) is 47.7 Å². The third-order valence-electron chi connectivity index (χ3n) is 2.57. The van der Waals surface area contributed by atoms with Gasteiger partial charge in [-0.1, -0.05) is 35.7 Å². The van der Waals surface area contributed by atoms with Crippen molar-refractivity contribution in [2.75, 3.05) is 5.75 Å². The molecule has 0 spiro atoms. The zero-order valence-corrected chi connectivity index (χ0v) is 12.1. The molecule has 1 aromatic heterocycles. The number of benzene rings is 1. The van der Waals surface area contributed by atoms with Gasteiger partial charge in [-0.25, -0.2) is 4.79 Å². The molecule has 0 amide bonds. The molecule has 5 heteroatoms. The van der Waals surface area contributed by atoms with Crippen LogP contribution < -0.4 is 0 Å². The van der Waals surface area contributed by atoms with Crippen molar-refractivity contribution >= 4 is 22.8 Å². The number of furan rings is 1. The Morgan fingerprint density at radius 3 is 2.48 bits per heavy atom. The Morgan fingerprint density at radius 1 is 1.19 bits per heavy atom. The highest BCUT2D eigenvalue weighted by molar-refractivity contribution is 8.13. The van der Waals surface area contributed by atoms with Gasteiger partial charge in [0.1, 0.15) is 5.76 Å². The number of carbonyl (C=O) groups is 2. The Kier molecular flexibility index (Phi) is 4.85. The second-order valence-electron chi connectivity index (χ2n) is 4.13. The number of thioether (sulfide) groups is 1. The zero-order chi connectivity index (χ0) is 15.2. The molecule has 106 valence electrons. The molecule has 1 heterocycles. The van der Waals surface area contributed by atoms with E-state index in [9.17, 15) is 9.59 Å². The summed E-state index contributed by atoms with van der Waals surface area (Å²) in [5.41, 5.74) is 1.61. The van der Waals surface area contributed by atoms with E-state index in [0.29, 0.717) is 11.5 Å². The van der Waals surface area contributed by atoms with E-state index in [4.69, 9.17) is 9.52 Å². The van der Waals surface area contributed by atoms with Gasteiger partial charge in [0.15, 0.2) is 5.12 Å². The molecule has 0 aliphatic carbocycles. The van der Waals surface area contributed by atoms with E-state index < -0.39 is 5.97 Å². The molecule has 4 nitrogen and oxygen atoms in total. The third-order valence-corrected chi connectivity index (χ3v) is 3.26. The number of rotatable bonds is 3. The van der Waals surface area contributed by atoms with Crippen molar-refractivity contribution in [1.82, 2.24) is 0 Å². The minimum Gasteiger partial charge on any atom is -0.475 e. The van der Waals surface area contributed by atoms with Crippen molar-refractivity contribution in [2.45, 2.75) is 6.92 Å². The Hall–Kier alpha value is -2.45. The van der Waals surface area contributed by atoms with E-state index in [0.717, 1.165) is 11.1 Å². The molecule has 0 saturated carbocycles. The van der Waals surface area contributed by atoms with Crippen molar-refractivity contribution in [3.63, 3.8) is 0 Å². The lowest BCUT2D eigenvalue weighted by Gasteiger charge is -1.97. The molecule has 21 heavy (non-hydrogen) atoms. The minimum absolute atomic E-state index is 0.0479. The first-order valence-electron chi connectivity index (χ1n) is 6.12. The smallest absolute Gasteiger partial charge is 0.371 e. The molecule has 1 N–H and O–H groups in total. The van der Waals surface area contributed by atoms with E-state index in [1.807, 2.05) is 24.3 Å². The van der Waals surface area contributed by atoms with E-state index in [1.54, 1.807) is 6.07 Å². The highest BCUT2D eigenvalue weighted by Crippen LogP contribution is 2.22. The van der Waals surface area contributed by atoms with Gasteiger partial charge in [-0.3, -0.25) is 4.79 Å². The first-order chi connectivity index (χ1) is 10.1. The Morgan fingerprint density at radius 2 is 1.90 bits per heavy atom. The fourth-order valence-corrected chi connectivity index (χ4v) is 1.95. The maximum atomic E-state index is 10.8. The monoisotopic (exact) mass is 300 g/mol. The SMILES string of the molecule is CC(=O)SCC#Cc1ccc(-c2ccc(C(=O)O)o2)cc1. The molecule has 2 aromatic rings. The molecule has 2 rings (SSSR count). The van der Waals surface area contributed by atoms with Crippen molar-refractivity contribution in [3.8, 4) is 23.2 Å². The van der Waals surface area contributed by atoms with E-state index in [2.05, 4.69) is 11.8 Å². The van der Waals surface area contributed by atoms with Crippen molar-refractivity contribution < 1.29 is 19.1 Å². The summed E-state index contributed by atoms with van der Waals surface area (Å²) in [6, 6.07) is 10.3. The quantitative estimate of drug-likeness (QED) is 0.881. The lowest BCUT2D eigenvalue weighted by Crippen LogP contribution is -1.91. The third kappa shape index (κ3) is 4.26. The maximum Gasteiger partial charge on any atom is 0.371 e. The van der Waals surface area contributed by atoms with Crippen LogP contribution in [-0.4, -0.2) is 21.9 Å². The number of hydrogen-bond donors (Lipinski definition) is 1. The molecular formula is C16H12O4S. The predicted molar refractivity (Wildman–Crippen MR) is 81.1 cm³/mol. The fraction of sp³-hybridized carbons (Fsp3) is 0.125. The van der Waals surface area contributed by atoms with Crippen LogP contribution in [0.1, 0.15) is 23.0 Å².